The van der Waals surface area contributed by atoms with Crippen LogP contribution in [0, 0.1) is 0 Å². The number of hydrogen-bond acceptors (Lipinski definition) is 3. The minimum atomic E-state index is 0.0363. The topological polar surface area (TPSA) is 35.8 Å². The van der Waals surface area contributed by atoms with Crippen molar-refractivity contribution in [2.24, 2.45) is 5.16 Å². The molecule has 0 spiro atoms. The largest absolute Gasteiger partial charge is 0.410 e. The van der Waals surface area contributed by atoms with Gasteiger partial charge in [-0.15, -0.1) is 0 Å². The van der Waals surface area contributed by atoms with E-state index < -0.39 is 0 Å². The number of hydrogen-bond donors (Lipinski definition) is 1. The highest BCUT2D eigenvalue weighted by Gasteiger charge is 2.27. The van der Waals surface area contributed by atoms with Gasteiger partial charge in [-0.25, -0.2) is 0 Å². The molecule has 0 unspecified atom stereocenters. The van der Waals surface area contributed by atoms with Gasteiger partial charge in [0.2, 0.25) is 0 Å². The smallest absolute Gasteiger partial charge is 0.167 e. The molecule has 0 radical (unpaired) electrons. The molecule has 0 aromatic rings. The van der Waals surface area contributed by atoms with Gasteiger partial charge in [-0.05, 0) is 19.8 Å². The molecule has 1 aliphatic rings. The summed E-state index contributed by atoms with van der Waals surface area (Å²) in [5, 5.41) is 11.8. The summed E-state index contributed by atoms with van der Waals surface area (Å²) in [6.45, 7) is 6.72. The first kappa shape index (κ1) is 9.39. The van der Waals surface area contributed by atoms with Crippen molar-refractivity contribution in [2.75, 3.05) is 6.54 Å². The van der Waals surface area contributed by atoms with Gasteiger partial charge in [-0.3, -0.25) is 0 Å². The molecule has 0 saturated carbocycles. The summed E-state index contributed by atoms with van der Waals surface area (Å²) in [5.41, 5.74) is 0.972. The van der Waals surface area contributed by atoms with Crippen LogP contribution < -0.4 is 0 Å². The number of nitrogens with zero attached hydrogens (tertiary/aromatic N) is 2. The predicted molar refractivity (Wildman–Crippen MR) is 49.6 cm³/mol. The van der Waals surface area contributed by atoms with E-state index in [4.69, 9.17) is 16.8 Å². The molecule has 0 aromatic heterocycles. The summed E-state index contributed by atoms with van der Waals surface area (Å²) >= 11 is 5.73. The Morgan fingerprint density at radius 2 is 2.42 bits per heavy atom. The Hall–Kier alpha value is -0.700. The molecule has 4 heteroatoms. The highest BCUT2D eigenvalue weighted by atomic mass is 35.5. The van der Waals surface area contributed by atoms with Crippen LogP contribution in [-0.4, -0.2) is 27.9 Å². The van der Waals surface area contributed by atoms with E-state index in [9.17, 15) is 0 Å². The summed E-state index contributed by atoms with van der Waals surface area (Å²) in [6, 6.07) is 0.0363. The van der Waals surface area contributed by atoms with Crippen molar-refractivity contribution < 1.29 is 5.21 Å². The second-order valence-electron chi connectivity index (χ2n) is 3.01. The zero-order valence-corrected chi connectivity index (χ0v) is 7.88. The van der Waals surface area contributed by atoms with E-state index >= 15 is 0 Å². The molecule has 1 N–H and O–H groups in total. The van der Waals surface area contributed by atoms with Gasteiger partial charge in [-0.1, -0.05) is 23.3 Å². The maximum atomic E-state index is 8.49. The molecule has 0 amide bonds. The molecule has 12 heavy (non-hydrogen) atoms. The van der Waals surface area contributed by atoms with Crippen molar-refractivity contribution in [3.8, 4) is 0 Å². The third-order valence-corrected chi connectivity index (χ3v) is 2.44. The van der Waals surface area contributed by atoms with Crippen LogP contribution in [0.5, 0.6) is 0 Å². The fourth-order valence-corrected chi connectivity index (χ4v) is 1.76. The normalized spacial score (nSPS) is 24.7. The Kier molecular flexibility index (Phi) is 2.98. The number of oxime groups is 1. The van der Waals surface area contributed by atoms with Crippen LogP contribution in [-0.2, 0) is 0 Å². The van der Waals surface area contributed by atoms with E-state index in [1.54, 1.807) is 0 Å². The maximum Gasteiger partial charge on any atom is 0.167 e. The number of likely N-dealkylation sites (tertiary alicyclic amines) is 1. The highest BCUT2D eigenvalue weighted by molar-refractivity contribution is 6.66. The van der Waals surface area contributed by atoms with Crippen LogP contribution in [0.4, 0.5) is 0 Å². The SMILES string of the molecule is C=C(C)N1CCC[C@@H]1/C(Cl)=N/O. The van der Waals surface area contributed by atoms with Crippen molar-refractivity contribution in [3.63, 3.8) is 0 Å². The van der Waals surface area contributed by atoms with Crippen molar-refractivity contribution in [1.82, 2.24) is 4.90 Å². The zero-order valence-electron chi connectivity index (χ0n) is 7.13. The summed E-state index contributed by atoms with van der Waals surface area (Å²) in [7, 11) is 0. The van der Waals surface area contributed by atoms with E-state index in [0.717, 1.165) is 25.1 Å². The molecular weight excluding hydrogens is 176 g/mol. The Bertz CT molecular complexity index is 215. The quantitative estimate of drug-likeness (QED) is 0.409. The molecule has 3 nitrogen and oxygen atoms in total. The van der Waals surface area contributed by atoms with E-state index in [1.165, 1.54) is 0 Å². The molecule has 1 fully saturated rings. The first-order chi connectivity index (χ1) is 5.66. The molecule has 0 aliphatic carbocycles. The minimum absolute atomic E-state index is 0.0363. The lowest BCUT2D eigenvalue weighted by molar-refractivity contribution is 0.309. The van der Waals surface area contributed by atoms with Crippen LogP contribution in [0.25, 0.3) is 0 Å². The Labute approximate surface area is 77.3 Å². The third kappa shape index (κ3) is 1.72. The number of allylic oxidation sites excluding steroid dienone is 1. The lowest BCUT2D eigenvalue weighted by atomic mass is 10.2. The Balaban J connectivity index is 2.70. The fourth-order valence-electron chi connectivity index (χ4n) is 1.54. The summed E-state index contributed by atoms with van der Waals surface area (Å²) < 4.78 is 0. The molecule has 1 heterocycles. The van der Waals surface area contributed by atoms with Crippen LogP contribution >= 0.6 is 11.6 Å². The lowest BCUT2D eigenvalue weighted by Gasteiger charge is -2.24. The molecule has 68 valence electrons. The van der Waals surface area contributed by atoms with Gasteiger partial charge >= 0.3 is 0 Å². The summed E-state index contributed by atoms with van der Waals surface area (Å²) in [5.74, 6) is 0. The fraction of sp³-hybridized carbons (Fsp3) is 0.625. The molecule has 0 bridgehead atoms. The predicted octanol–water partition coefficient (Wildman–Crippen LogP) is 2.01. The lowest BCUT2D eigenvalue weighted by Crippen LogP contribution is -2.31. The first-order valence-corrected chi connectivity index (χ1v) is 4.34. The summed E-state index contributed by atoms with van der Waals surface area (Å²) in [6.07, 6.45) is 2.01. The van der Waals surface area contributed by atoms with Crippen LogP contribution in [0.15, 0.2) is 17.4 Å². The summed E-state index contributed by atoms with van der Waals surface area (Å²) in [4.78, 5) is 2.06. The van der Waals surface area contributed by atoms with Crippen molar-refractivity contribution in [3.05, 3.63) is 12.3 Å². The van der Waals surface area contributed by atoms with Gasteiger partial charge in [0.05, 0.1) is 6.04 Å². The Morgan fingerprint density at radius 3 is 2.92 bits per heavy atom. The van der Waals surface area contributed by atoms with Gasteiger partial charge in [0.25, 0.3) is 0 Å². The first-order valence-electron chi connectivity index (χ1n) is 3.96. The molecule has 1 saturated heterocycles. The van der Waals surface area contributed by atoms with Crippen molar-refractivity contribution in [1.29, 1.82) is 0 Å². The van der Waals surface area contributed by atoms with Gasteiger partial charge in [-0.2, -0.15) is 0 Å². The van der Waals surface area contributed by atoms with Crippen molar-refractivity contribution in [2.45, 2.75) is 25.8 Å². The van der Waals surface area contributed by atoms with E-state index in [-0.39, 0.29) is 11.2 Å². The average molecular weight is 189 g/mol. The van der Waals surface area contributed by atoms with Gasteiger partial charge in [0.1, 0.15) is 0 Å². The average Bonchev–Trinajstić information content (AvgIpc) is 2.50. The van der Waals surface area contributed by atoms with Gasteiger partial charge < -0.3 is 10.1 Å². The van der Waals surface area contributed by atoms with Gasteiger partial charge in [0.15, 0.2) is 5.17 Å². The number of halogens is 1. The van der Waals surface area contributed by atoms with E-state index in [0.29, 0.717) is 0 Å². The number of rotatable bonds is 2. The minimum Gasteiger partial charge on any atom is -0.410 e. The maximum absolute atomic E-state index is 8.49. The van der Waals surface area contributed by atoms with Crippen LogP contribution in [0.3, 0.4) is 0 Å². The zero-order chi connectivity index (χ0) is 9.14. The van der Waals surface area contributed by atoms with E-state index in [2.05, 4.69) is 16.6 Å². The monoisotopic (exact) mass is 188 g/mol. The molecule has 1 rings (SSSR count). The molecule has 1 aliphatic heterocycles. The molecule has 0 aromatic carbocycles. The van der Waals surface area contributed by atoms with Crippen molar-refractivity contribution >= 4 is 16.8 Å². The highest BCUT2D eigenvalue weighted by Crippen LogP contribution is 2.23. The van der Waals surface area contributed by atoms with E-state index in [1.807, 2.05) is 6.92 Å². The molecular formula is C8H13ClN2O. The third-order valence-electron chi connectivity index (χ3n) is 2.11. The van der Waals surface area contributed by atoms with Crippen LogP contribution in [0.2, 0.25) is 0 Å². The standard InChI is InChI=1S/C8H13ClN2O/c1-6(2)11-5-3-4-7(11)8(9)10-12/h7,12H,1,3-5H2,2H3/b10-8-/t7-/m1/s1. The Morgan fingerprint density at radius 1 is 1.75 bits per heavy atom. The molecule has 1 atom stereocenters. The van der Waals surface area contributed by atoms with Gasteiger partial charge in [0, 0.05) is 12.2 Å². The second-order valence-corrected chi connectivity index (χ2v) is 3.40. The second kappa shape index (κ2) is 3.81. The van der Waals surface area contributed by atoms with Crippen LogP contribution in [0.1, 0.15) is 19.8 Å².